The van der Waals surface area contributed by atoms with Crippen molar-refractivity contribution < 1.29 is 36.6 Å². The summed E-state index contributed by atoms with van der Waals surface area (Å²) < 4.78 is 63.6. The van der Waals surface area contributed by atoms with E-state index in [1.54, 1.807) is 12.1 Å². The number of urea groups is 1. The van der Waals surface area contributed by atoms with E-state index in [0.717, 1.165) is 41.1 Å². The minimum Gasteiger partial charge on any atom is -0.406 e. The number of carbonyl (C=O) groups excluding carboxylic acids is 2. The first-order valence-electron chi connectivity index (χ1n) is 14.8. The van der Waals surface area contributed by atoms with E-state index >= 15 is 4.39 Å². The molecule has 5 aromatic rings. The topological polar surface area (TPSA) is 111 Å². The molecule has 0 saturated carbocycles. The lowest BCUT2D eigenvalue weighted by Gasteiger charge is -2.20. The number of aromatic nitrogens is 3. The van der Waals surface area contributed by atoms with Gasteiger partial charge in [0.15, 0.2) is 11.0 Å². The van der Waals surface area contributed by atoms with Crippen molar-refractivity contribution in [1.29, 1.82) is 0 Å². The molecule has 0 bridgehead atoms. The van der Waals surface area contributed by atoms with Crippen LogP contribution in [0.4, 0.5) is 33.7 Å². The molecular formula is C34H25ClF4N6O4S. The smallest absolute Gasteiger partial charge is 0.406 e. The van der Waals surface area contributed by atoms with E-state index in [1.165, 1.54) is 40.2 Å². The summed E-state index contributed by atoms with van der Waals surface area (Å²) in [7, 11) is 0. The van der Waals surface area contributed by atoms with Gasteiger partial charge < -0.3 is 14.8 Å². The zero-order valence-electron chi connectivity index (χ0n) is 25.9. The van der Waals surface area contributed by atoms with Gasteiger partial charge in [-0.3, -0.25) is 9.69 Å². The van der Waals surface area contributed by atoms with Gasteiger partial charge in [-0.25, -0.2) is 18.9 Å². The summed E-state index contributed by atoms with van der Waals surface area (Å²) in [5.41, 5.74) is 3.38. The van der Waals surface area contributed by atoms with Crippen LogP contribution in [0.2, 0.25) is 5.02 Å². The minimum absolute atomic E-state index is 0.0498. The molecule has 0 atom stereocenters. The molecule has 0 aliphatic carbocycles. The Kier molecular flexibility index (Phi) is 10.2. The highest BCUT2D eigenvalue weighted by molar-refractivity contribution is 8.15. The van der Waals surface area contributed by atoms with Crippen LogP contribution in [0.5, 0.6) is 5.75 Å². The lowest BCUT2D eigenvalue weighted by Crippen LogP contribution is -2.31. The first kappa shape index (κ1) is 34.6. The van der Waals surface area contributed by atoms with Gasteiger partial charge in [0, 0.05) is 16.1 Å². The van der Waals surface area contributed by atoms with E-state index in [0.29, 0.717) is 22.0 Å². The summed E-state index contributed by atoms with van der Waals surface area (Å²) in [5, 5.41) is 7.37. The summed E-state index contributed by atoms with van der Waals surface area (Å²) >= 11 is 7.32. The Morgan fingerprint density at radius 1 is 1.02 bits per heavy atom. The average Bonchev–Trinajstić information content (AvgIpc) is 3.70. The number of benzene rings is 4. The van der Waals surface area contributed by atoms with Crippen LogP contribution in [-0.4, -0.2) is 44.0 Å². The molecule has 1 saturated heterocycles. The largest absolute Gasteiger partial charge is 0.573 e. The molecule has 6 rings (SSSR count). The second-order valence-electron chi connectivity index (χ2n) is 10.8. The van der Waals surface area contributed by atoms with Crippen LogP contribution in [0.1, 0.15) is 16.7 Å². The van der Waals surface area contributed by atoms with Gasteiger partial charge in [0.1, 0.15) is 17.9 Å². The number of alkyl halides is 3. The van der Waals surface area contributed by atoms with Gasteiger partial charge in [0.25, 0.3) is 0 Å². The van der Waals surface area contributed by atoms with Crippen LogP contribution in [0.15, 0.2) is 96.2 Å². The van der Waals surface area contributed by atoms with E-state index in [9.17, 15) is 22.8 Å². The predicted molar refractivity (Wildman–Crippen MR) is 181 cm³/mol. The van der Waals surface area contributed by atoms with E-state index in [4.69, 9.17) is 16.3 Å². The highest BCUT2D eigenvalue weighted by Gasteiger charge is 2.33. The lowest BCUT2D eigenvalue weighted by molar-refractivity contribution is -0.274. The van der Waals surface area contributed by atoms with Gasteiger partial charge in [-0.1, -0.05) is 53.7 Å². The predicted octanol–water partition coefficient (Wildman–Crippen LogP) is 8.32. The van der Waals surface area contributed by atoms with Gasteiger partial charge in [-0.05, 0) is 72.6 Å². The highest BCUT2D eigenvalue weighted by Crippen LogP contribution is 2.32. The van der Waals surface area contributed by atoms with Crippen LogP contribution in [0, 0.1) is 12.7 Å². The number of anilines is 2. The third-order valence-corrected chi connectivity index (χ3v) is 8.50. The van der Waals surface area contributed by atoms with Gasteiger partial charge in [-0.15, -0.1) is 18.3 Å². The molecule has 3 amide bonds. The molecule has 0 spiro atoms. The summed E-state index contributed by atoms with van der Waals surface area (Å²) in [5.74, 6) is -1.31. The van der Waals surface area contributed by atoms with E-state index in [1.807, 2.05) is 37.3 Å². The number of hydrogen-bond donors (Lipinski definition) is 1. The number of thioether (sulfide) groups is 1. The van der Waals surface area contributed by atoms with Gasteiger partial charge in [0.05, 0.1) is 36.0 Å². The lowest BCUT2D eigenvalue weighted by atomic mass is 10.1. The monoisotopic (exact) mass is 724 g/mol. The number of halogens is 5. The zero-order valence-corrected chi connectivity index (χ0v) is 27.5. The van der Waals surface area contributed by atoms with Gasteiger partial charge in [-0.2, -0.15) is 4.99 Å². The van der Waals surface area contributed by atoms with Crippen molar-refractivity contribution in [3.63, 3.8) is 0 Å². The van der Waals surface area contributed by atoms with Crippen molar-refractivity contribution in [3.05, 3.63) is 119 Å². The fraction of sp³-hybridized carbons (Fsp3) is 0.147. The Hall–Kier alpha value is -5.25. The number of rotatable bonds is 9. The summed E-state index contributed by atoms with van der Waals surface area (Å²) in [6, 6.07) is 20.8. The number of amides is 3. The third kappa shape index (κ3) is 8.30. The second kappa shape index (κ2) is 14.7. The van der Waals surface area contributed by atoms with Gasteiger partial charge >= 0.3 is 12.4 Å². The minimum atomic E-state index is -4.82. The van der Waals surface area contributed by atoms with Crippen molar-refractivity contribution in [3.8, 4) is 22.8 Å². The molecular weight excluding hydrogens is 700 g/mol. The third-order valence-electron chi connectivity index (χ3n) is 7.21. The maximum absolute atomic E-state index is 15.2. The number of hydrogen-bond acceptors (Lipinski definition) is 7. The average molecular weight is 725 g/mol. The summed E-state index contributed by atoms with van der Waals surface area (Å²) in [4.78, 5) is 35.6. The molecule has 50 heavy (non-hydrogen) atoms. The first-order chi connectivity index (χ1) is 23.9. The maximum Gasteiger partial charge on any atom is 0.573 e. The van der Waals surface area contributed by atoms with E-state index in [2.05, 4.69) is 25.1 Å². The van der Waals surface area contributed by atoms with Gasteiger partial charge in [0.2, 0.25) is 5.91 Å². The molecule has 1 aromatic heterocycles. The Morgan fingerprint density at radius 2 is 1.78 bits per heavy atom. The van der Waals surface area contributed by atoms with Crippen molar-refractivity contribution in [2.45, 2.75) is 26.5 Å². The Bertz CT molecular complexity index is 2090. The van der Waals surface area contributed by atoms with Crippen molar-refractivity contribution in [1.82, 2.24) is 14.8 Å². The normalized spacial score (nSPS) is 14.0. The SMILES string of the molecule is Cc1ccc(COCc2ccccc2Cl)c(N2C(=O)CSC2=NC(=O)Nc2ccc(-c3ncn(-c4ccc(OC(F)(F)F)cc4)n3)cc2F)c1. The number of nitrogens with one attached hydrogen (secondary N) is 1. The summed E-state index contributed by atoms with van der Waals surface area (Å²) in [6.45, 7) is 2.28. The fourth-order valence-corrected chi connectivity index (χ4v) is 5.93. The molecule has 16 heteroatoms. The molecule has 1 fully saturated rings. The molecule has 1 aliphatic rings. The highest BCUT2D eigenvalue weighted by atomic mass is 35.5. The zero-order chi connectivity index (χ0) is 35.4. The molecule has 4 aromatic carbocycles. The molecule has 256 valence electrons. The number of amidine groups is 1. The first-order valence-corrected chi connectivity index (χ1v) is 16.1. The van der Waals surface area contributed by atoms with Crippen LogP contribution in [0.3, 0.4) is 0 Å². The summed E-state index contributed by atoms with van der Waals surface area (Å²) in [6.07, 6.45) is -3.50. The van der Waals surface area contributed by atoms with Crippen molar-refractivity contribution in [2.75, 3.05) is 16.0 Å². The molecule has 2 heterocycles. The number of nitrogens with zero attached hydrogens (tertiary/aromatic N) is 5. The number of ether oxygens (including phenoxy) is 2. The van der Waals surface area contributed by atoms with E-state index < -0.39 is 24.0 Å². The quantitative estimate of drug-likeness (QED) is 0.152. The van der Waals surface area contributed by atoms with E-state index in [-0.39, 0.29) is 47.1 Å². The van der Waals surface area contributed by atoms with Crippen molar-refractivity contribution >= 4 is 51.8 Å². The number of aliphatic imine (C=N–C) groups is 1. The molecule has 1 N–H and O–H groups in total. The molecule has 0 unspecified atom stereocenters. The fourth-order valence-electron chi connectivity index (χ4n) is 4.88. The van der Waals surface area contributed by atoms with Crippen LogP contribution in [0.25, 0.3) is 17.1 Å². The number of aryl methyl sites for hydroxylation is 1. The Morgan fingerprint density at radius 3 is 2.52 bits per heavy atom. The molecule has 0 radical (unpaired) electrons. The maximum atomic E-state index is 15.2. The Balaban J connectivity index is 1.14. The van der Waals surface area contributed by atoms with Crippen LogP contribution < -0.4 is 15.0 Å². The number of carbonyl (C=O) groups is 2. The second-order valence-corrected chi connectivity index (χ2v) is 12.2. The standard InChI is InChI=1S/C34H25ClF4N6O4S/c1-20-6-7-23(17-48-16-22-4-2-3-5-26(22)35)29(14-20)45-30(46)18-50-33(45)42-32(47)41-28-13-8-21(15-27(28)36)31-40-19-44(43-31)24-9-11-25(12-10-24)49-34(37,38)39/h2-15,19H,16-18H2,1H3,(H,41,47). The van der Waals surface area contributed by atoms with Crippen LogP contribution >= 0.6 is 23.4 Å². The van der Waals surface area contributed by atoms with Crippen molar-refractivity contribution in [2.24, 2.45) is 4.99 Å². The van der Waals surface area contributed by atoms with Crippen LogP contribution in [-0.2, 0) is 22.7 Å². The Labute approximate surface area is 291 Å². The molecule has 10 nitrogen and oxygen atoms in total. The molecule has 1 aliphatic heterocycles.